The summed E-state index contributed by atoms with van der Waals surface area (Å²) in [4.78, 5) is 23.0. The first-order chi connectivity index (χ1) is 18.0. The average Bonchev–Trinajstić information content (AvgIpc) is 2.86. The van der Waals surface area contributed by atoms with Crippen LogP contribution in [0.15, 0.2) is 55.3 Å². The van der Waals surface area contributed by atoms with Crippen LogP contribution in [0.2, 0.25) is 5.02 Å². The van der Waals surface area contributed by atoms with Crippen LogP contribution in [0, 0.1) is 11.8 Å². The molecular formula is C28H32ClN6O2P. The third kappa shape index (κ3) is 7.69. The number of carbonyl (C=O) groups excluding carboxylic acids is 1. The quantitative estimate of drug-likeness (QED) is 0.185. The number of amides is 1. The van der Waals surface area contributed by atoms with Gasteiger partial charge in [-0.25, -0.2) is 4.98 Å². The standard InChI is InChI=1S/C28H32ClN6O2P/c1-7-19-16-20(12-11-15-35(3)4)24(31-26(36)8-2)17-23(19)33-28-30-18-21(29)27(34-28)32-22-13-9-10-14-25(22)38(5,6)37/h8-10,13-14,16-18H,2,7,15H2,1,3-6H3,(H,31,36)(H2,30,32,33,34). The smallest absolute Gasteiger partial charge is 0.247 e. The Morgan fingerprint density at radius 3 is 2.55 bits per heavy atom. The summed E-state index contributed by atoms with van der Waals surface area (Å²) >= 11 is 6.40. The van der Waals surface area contributed by atoms with Crippen molar-refractivity contribution in [3.05, 3.63) is 71.4 Å². The number of hydrogen-bond acceptors (Lipinski definition) is 7. The summed E-state index contributed by atoms with van der Waals surface area (Å²) in [6.07, 6.45) is 3.41. The Labute approximate surface area is 229 Å². The number of anilines is 5. The van der Waals surface area contributed by atoms with Crippen molar-refractivity contribution >= 4 is 58.8 Å². The maximum Gasteiger partial charge on any atom is 0.247 e. The summed E-state index contributed by atoms with van der Waals surface area (Å²) in [7, 11) is 1.34. The van der Waals surface area contributed by atoms with Gasteiger partial charge in [0.1, 0.15) is 12.2 Å². The van der Waals surface area contributed by atoms with Crippen LogP contribution < -0.4 is 21.3 Å². The van der Waals surface area contributed by atoms with Gasteiger partial charge in [-0.05, 0) is 69.8 Å². The number of carbonyl (C=O) groups is 1. The second-order valence-corrected chi connectivity index (χ2v) is 12.7. The summed E-state index contributed by atoms with van der Waals surface area (Å²) in [6.45, 7) is 9.58. The molecule has 0 aliphatic heterocycles. The van der Waals surface area contributed by atoms with Crippen molar-refractivity contribution in [1.82, 2.24) is 14.9 Å². The normalized spacial score (nSPS) is 10.9. The Balaban J connectivity index is 1.99. The highest BCUT2D eigenvalue weighted by molar-refractivity contribution is 7.70. The zero-order valence-electron chi connectivity index (χ0n) is 22.2. The highest BCUT2D eigenvalue weighted by Gasteiger charge is 2.17. The predicted octanol–water partition coefficient (Wildman–Crippen LogP) is 5.47. The molecule has 0 bridgehead atoms. The van der Waals surface area contributed by atoms with E-state index in [9.17, 15) is 9.36 Å². The van der Waals surface area contributed by atoms with Crippen LogP contribution in [-0.2, 0) is 15.8 Å². The number of nitrogens with one attached hydrogen (secondary N) is 3. The number of rotatable bonds is 9. The van der Waals surface area contributed by atoms with Crippen LogP contribution in [0.4, 0.5) is 28.8 Å². The lowest BCUT2D eigenvalue weighted by molar-refractivity contribution is -0.111. The van der Waals surface area contributed by atoms with Crippen LogP contribution >= 0.6 is 18.7 Å². The van der Waals surface area contributed by atoms with Crippen LogP contribution in [0.25, 0.3) is 0 Å². The maximum absolute atomic E-state index is 12.8. The molecule has 3 rings (SSSR count). The molecule has 3 aromatic rings. The fourth-order valence-corrected chi connectivity index (χ4v) is 4.84. The minimum atomic E-state index is -2.54. The summed E-state index contributed by atoms with van der Waals surface area (Å²) in [5.74, 6) is 6.60. The van der Waals surface area contributed by atoms with Crippen molar-refractivity contribution in [2.24, 2.45) is 0 Å². The van der Waals surface area contributed by atoms with Gasteiger partial charge in [0.05, 0.1) is 24.1 Å². The van der Waals surface area contributed by atoms with Gasteiger partial charge in [-0.2, -0.15) is 4.98 Å². The van der Waals surface area contributed by atoms with Crippen molar-refractivity contribution < 1.29 is 9.36 Å². The van der Waals surface area contributed by atoms with E-state index in [4.69, 9.17) is 11.6 Å². The van der Waals surface area contributed by atoms with Crippen molar-refractivity contribution in [3.63, 3.8) is 0 Å². The van der Waals surface area contributed by atoms with E-state index in [1.165, 1.54) is 12.3 Å². The summed E-state index contributed by atoms with van der Waals surface area (Å²) in [5, 5.41) is 10.3. The van der Waals surface area contributed by atoms with Crippen molar-refractivity contribution in [1.29, 1.82) is 0 Å². The molecule has 198 valence electrons. The zero-order chi connectivity index (χ0) is 27.9. The fourth-order valence-electron chi connectivity index (χ4n) is 3.55. The topological polar surface area (TPSA) is 99.2 Å². The summed E-state index contributed by atoms with van der Waals surface area (Å²) < 4.78 is 12.8. The highest BCUT2D eigenvalue weighted by Crippen LogP contribution is 2.38. The van der Waals surface area contributed by atoms with Gasteiger partial charge in [0.25, 0.3) is 0 Å². The summed E-state index contributed by atoms with van der Waals surface area (Å²) in [5.41, 5.74) is 3.59. The minimum Gasteiger partial charge on any atom is -0.338 e. The molecule has 1 amide bonds. The molecule has 0 spiro atoms. The molecule has 38 heavy (non-hydrogen) atoms. The molecule has 0 fully saturated rings. The zero-order valence-corrected chi connectivity index (χ0v) is 23.9. The molecule has 0 radical (unpaired) electrons. The van der Waals surface area contributed by atoms with Crippen LogP contribution in [-0.4, -0.2) is 54.7 Å². The maximum atomic E-state index is 12.8. The lowest BCUT2D eigenvalue weighted by Gasteiger charge is -2.17. The van der Waals surface area contributed by atoms with E-state index in [2.05, 4.69) is 44.3 Å². The van der Waals surface area contributed by atoms with E-state index in [0.717, 1.165) is 5.56 Å². The van der Waals surface area contributed by atoms with Gasteiger partial charge in [-0.3, -0.25) is 9.69 Å². The predicted molar refractivity (Wildman–Crippen MR) is 159 cm³/mol. The molecule has 3 N–H and O–H groups in total. The third-order valence-electron chi connectivity index (χ3n) is 5.41. The van der Waals surface area contributed by atoms with Gasteiger partial charge in [0.2, 0.25) is 11.9 Å². The lowest BCUT2D eigenvalue weighted by atomic mass is 10.0. The van der Waals surface area contributed by atoms with Gasteiger partial charge >= 0.3 is 0 Å². The molecule has 8 nitrogen and oxygen atoms in total. The molecule has 0 aliphatic rings. The first-order valence-electron chi connectivity index (χ1n) is 12.0. The Hall–Kier alpha value is -3.63. The van der Waals surface area contributed by atoms with Gasteiger partial charge in [-0.1, -0.05) is 49.1 Å². The molecule has 0 unspecified atom stereocenters. The highest BCUT2D eigenvalue weighted by atomic mass is 35.5. The first-order valence-corrected chi connectivity index (χ1v) is 14.9. The molecule has 0 atom stereocenters. The number of nitrogens with zero attached hydrogens (tertiary/aromatic N) is 3. The fraction of sp³-hybridized carbons (Fsp3) is 0.250. The number of halogens is 1. The van der Waals surface area contributed by atoms with E-state index >= 15 is 0 Å². The van der Waals surface area contributed by atoms with Crippen LogP contribution in [0.5, 0.6) is 0 Å². The van der Waals surface area contributed by atoms with E-state index in [-0.39, 0.29) is 5.91 Å². The van der Waals surface area contributed by atoms with E-state index < -0.39 is 7.14 Å². The molecule has 0 saturated carbocycles. The molecular weight excluding hydrogens is 519 g/mol. The SMILES string of the molecule is C=CC(=O)Nc1cc(Nc2ncc(Cl)c(Nc3ccccc3P(C)(C)=O)n2)c(CC)cc1C#CCN(C)C. The summed E-state index contributed by atoms with van der Waals surface area (Å²) in [6, 6.07) is 11.1. The number of para-hydroxylation sites is 1. The molecule has 1 heterocycles. The second kappa shape index (κ2) is 12.7. The van der Waals surface area contributed by atoms with Crippen molar-refractivity contribution in [3.8, 4) is 11.8 Å². The van der Waals surface area contributed by atoms with Gasteiger partial charge in [0, 0.05) is 16.6 Å². The Kier molecular flexibility index (Phi) is 9.71. The van der Waals surface area contributed by atoms with Gasteiger partial charge < -0.3 is 20.5 Å². The largest absolute Gasteiger partial charge is 0.338 e. The second-order valence-electron chi connectivity index (χ2n) is 9.15. The number of hydrogen-bond donors (Lipinski definition) is 3. The monoisotopic (exact) mass is 550 g/mol. The first kappa shape index (κ1) is 28.9. The van der Waals surface area contributed by atoms with Crippen molar-refractivity contribution in [2.45, 2.75) is 13.3 Å². The van der Waals surface area contributed by atoms with E-state index in [0.29, 0.717) is 57.7 Å². The number of benzene rings is 2. The molecule has 1 aromatic heterocycles. The molecule has 10 heteroatoms. The lowest BCUT2D eigenvalue weighted by Crippen LogP contribution is -2.12. The number of aryl methyl sites for hydroxylation is 1. The van der Waals surface area contributed by atoms with E-state index in [1.807, 2.05) is 62.3 Å². The van der Waals surface area contributed by atoms with Crippen LogP contribution in [0.1, 0.15) is 18.1 Å². The Morgan fingerprint density at radius 2 is 1.89 bits per heavy atom. The Morgan fingerprint density at radius 1 is 1.16 bits per heavy atom. The molecule has 2 aromatic carbocycles. The van der Waals surface area contributed by atoms with E-state index in [1.54, 1.807) is 13.3 Å². The number of aromatic nitrogens is 2. The third-order valence-corrected chi connectivity index (χ3v) is 7.24. The van der Waals surface area contributed by atoms with Crippen LogP contribution in [0.3, 0.4) is 0 Å². The Bertz CT molecular complexity index is 1460. The molecule has 0 aliphatic carbocycles. The minimum absolute atomic E-state index is 0.299. The van der Waals surface area contributed by atoms with Crippen molar-refractivity contribution in [2.75, 3.05) is 49.9 Å². The van der Waals surface area contributed by atoms with Gasteiger partial charge in [-0.15, -0.1) is 0 Å². The molecule has 0 saturated heterocycles. The van der Waals surface area contributed by atoms with Gasteiger partial charge in [0.15, 0.2) is 5.82 Å². The average molecular weight is 551 g/mol.